The number of ether oxygens (including phenoxy) is 1. The molecule has 1 fully saturated rings. The van der Waals surface area contributed by atoms with Gasteiger partial charge in [-0.15, -0.1) is 0 Å². The molecule has 0 N–H and O–H groups in total. The van der Waals surface area contributed by atoms with Crippen LogP contribution in [0.3, 0.4) is 0 Å². The fraction of sp³-hybridized carbons (Fsp3) is 0.529. The summed E-state index contributed by atoms with van der Waals surface area (Å²) in [6, 6.07) is 3.25. The van der Waals surface area contributed by atoms with E-state index in [1.807, 2.05) is 13.1 Å². The van der Waals surface area contributed by atoms with E-state index in [9.17, 15) is 8.42 Å². The fourth-order valence-electron chi connectivity index (χ4n) is 3.31. The number of hydrogen-bond acceptors (Lipinski definition) is 5. The quantitative estimate of drug-likeness (QED) is 0.781. The van der Waals surface area contributed by atoms with Crippen LogP contribution in [0, 0.1) is 12.8 Å². The van der Waals surface area contributed by atoms with Crippen LogP contribution in [-0.4, -0.2) is 47.5 Å². The van der Waals surface area contributed by atoms with Crippen molar-refractivity contribution >= 4 is 10.0 Å². The van der Waals surface area contributed by atoms with E-state index in [1.165, 1.54) is 6.20 Å². The third kappa shape index (κ3) is 3.91. The molecule has 0 radical (unpaired) electrons. The van der Waals surface area contributed by atoms with Gasteiger partial charge in [0, 0.05) is 51.0 Å². The highest BCUT2D eigenvalue weighted by atomic mass is 32.2. The van der Waals surface area contributed by atoms with Gasteiger partial charge >= 0.3 is 0 Å². The van der Waals surface area contributed by atoms with Crippen LogP contribution in [0.25, 0.3) is 0 Å². The maximum atomic E-state index is 12.8. The van der Waals surface area contributed by atoms with Crippen molar-refractivity contribution in [1.29, 1.82) is 0 Å². The lowest BCUT2D eigenvalue weighted by molar-refractivity contribution is 0.169. The van der Waals surface area contributed by atoms with Gasteiger partial charge in [-0.1, -0.05) is 0 Å². The van der Waals surface area contributed by atoms with Crippen LogP contribution in [0.4, 0.5) is 0 Å². The van der Waals surface area contributed by atoms with Gasteiger partial charge in [0.05, 0.1) is 0 Å². The Balaban J connectivity index is 1.75. The lowest BCUT2D eigenvalue weighted by Crippen LogP contribution is -2.41. The van der Waals surface area contributed by atoms with Crippen molar-refractivity contribution in [2.24, 2.45) is 5.92 Å². The maximum Gasteiger partial charge on any atom is 0.244 e. The number of aryl methyl sites for hydroxylation is 1. The largest absolute Gasteiger partial charge is 0.377 e. The predicted octanol–water partition coefficient (Wildman–Crippen LogP) is 1.83. The van der Waals surface area contributed by atoms with Crippen LogP contribution in [0.2, 0.25) is 0 Å². The fourth-order valence-corrected chi connectivity index (χ4v) is 4.82. The average molecular weight is 364 g/mol. The second kappa shape index (κ2) is 7.63. The summed E-state index contributed by atoms with van der Waals surface area (Å²) in [6.07, 6.45) is 6.69. The van der Waals surface area contributed by atoms with Gasteiger partial charge < -0.3 is 9.30 Å². The van der Waals surface area contributed by atoms with E-state index >= 15 is 0 Å². The standard InChI is InChI=1S/C17H24N4O3S/c1-14-9-19-17(13-24-2)21(14)12-15-5-4-8-20(11-15)25(22,23)16-6-3-7-18-10-16/h3,6-7,9-10,15H,4-5,8,11-13H2,1-2H3. The Morgan fingerprint density at radius 3 is 2.92 bits per heavy atom. The molecule has 0 spiro atoms. The third-order valence-corrected chi connectivity index (χ3v) is 6.45. The van der Waals surface area contributed by atoms with Crippen LogP contribution in [-0.2, 0) is 27.9 Å². The molecule has 25 heavy (non-hydrogen) atoms. The molecule has 0 aromatic carbocycles. The average Bonchev–Trinajstić information content (AvgIpc) is 2.96. The van der Waals surface area contributed by atoms with Crippen LogP contribution < -0.4 is 0 Å². The summed E-state index contributed by atoms with van der Waals surface area (Å²) in [6.45, 7) is 4.30. The Kier molecular flexibility index (Phi) is 5.51. The zero-order valence-electron chi connectivity index (χ0n) is 14.6. The molecule has 1 atom stereocenters. The minimum Gasteiger partial charge on any atom is -0.377 e. The molecule has 3 rings (SSSR count). The maximum absolute atomic E-state index is 12.8. The molecule has 2 aromatic rings. The molecule has 1 unspecified atom stereocenters. The third-order valence-electron chi connectivity index (χ3n) is 4.61. The number of pyridine rings is 1. The van der Waals surface area contributed by atoms with Gasteiger partial charge in [-0.25, -0.2) is 13.4 Å². The van der Waals surface area contributed by atoms with Gasteiger partial charge in [0.25, 0.3) is 0 Å². The molecule has 3 heterocycles. The van der Waals surface area contributed by atoms with Crippen molar-refractivity contribution < 1.29 is 13.2 Å². The lowest BCUT2D eigenvalue weighted by Gasteiger charge is -2.32. The second-order valence-corrected chi connectivity index (χ2v) is 8.36. The summed E-state index contributed by atoms with van der Waals surface area (Å²) in [5.74, 6) is 1.14. The van der Waals surface area contributed by atoms with E-state index in [-0.39, 0.29) is 10.8 Å². The smallest absolute Gasteiger partial charge is 0.244 e. The molecule has 0 bridgehead atoms. The van der Waals surface area contributed by atoms with E-state index in [2.05, 4.69) is 14.5 Å². The number of nitrogens with zero attached hydrogens (tertiary/aromatic N) is 4. The Bertz CT molecular complexity index is 805. The van der Waals surface area contributed by atoms with Gasteiger partial charge in [0.2, 0.25) is 10.0 Å². The van der Waals surface area contributed by atoms with E-state index in [0.717, 1.165) is 30.9 Å². The molecule has 2 aromatic heterocycles. The van der Waals surface area contributed by atoms with Gasteiger partial charge in [-0.2, -0.15) is 4.31 Å². The molecule has 1 aliphatic rings. The Morgan fingerprint density at radius 1 is 1.36 bits per heavy atom. The lowest BCUT2D eigenvalue weighted by atomic mass is 9.99. The van der Waals surface area contributed by atoms with Gasteiger partial charge in [-0.3, -0.25) is 4.98 Å². The van der Waals surface area contributed by atoms with E-state index < -0.39 is 10.0 Å². The first-order chi connectivity index (χ1) is 12.0. The number of hydrogen-bond donors (Lipinski definition) is 0. The van der Waals surface area contributed by atoms with Crippen molar-refractivity contribution in [3.63, 3.8) is 0 Å². The minimum atomic E-state index is -3.48. The van der Waals surface area contributed by atoms with Crippen LogP contribution in [0.15, 0.2) is 35.6 Å². The summed E-state index contributed by atoms with van der Waals surface area (Å²) in [5, 5.41) is 0. The minimum absolute atomic E-state index is 0.253. The van der Waals surface area contributed by atoms with Gasteiger partial charge in [-0.05, 0) is 37.8 Å². The predicted molar refractivity (Wildman–Crippen MR) is 93.4 cm³/mol. The number of rotatable bonds is 6. The first-order valence-electron chi connectivity index (χ1n) is 8.42. The number of aromatic nitrogens is 3. The molecule has 0 saturated carbocycles. The first kappa shape index (κ1) is 18.0. The Labute approximate surface area is 148 Å². The molecule has 136 valence electrons. The van der Waals surface area contributed by atoms with E-state index in [1.54, 1.807) is 29.7 Å². The normalized spacial score (nSPS) is 19.2. The molecule has 1 aliphatic heterocycles. The number of methoxy groups -OCH3 is 1. The summed E-state index contributed by atoms with van der Waals surface area (Å²) in [5.41, 5.74) is 1.07. The molecule has 0 aliphatic carbocycles. The molecule has 0 amide bonds. The zero-order valence-corrected chi connectivity index (χ0v) is 15.4. The van der Waals surface area contributed by atoms with Crippen molar-refractivity contribution in [3.8, 4) is 0 Å². The summed E-state index contributed by atoms with van der Waals surface area (Å²) >= 11 is 0. The number of piperidine rings is 1. The van der Waals surface area contributed by atoms with Crippen molar-refractivity contribution in [2.45, 2.75) is 37.8 Å². The monoisotopic (exact) mass is 364 g/mol. The highest BCUT2D eigenvalue weighted by Gasteiger charge is 2.30. The number of sulfonamides is 1. The Hall–Kier alpha value is -1.77. The Morgan fingerprint density at radius 2 is 2.20 bits per heavy atom. The van der Waals surface area contributed by atoms with Crippen molar-refractivity contribution in [1.82, 2.24) is 18.8 Å². The van der Waals surface area contributed by atoms with Crippen LogP contribution >= 0.6 is 0 Å². The zero-order chi connectivity index (χ0) is 17.9. The molecule has 8 heteroatoms. The highest BCUT2D eigenvalue weighted by Crippen LogP contribution is 2.25. The topological polar surface area (TPSA) is 77.3 Å². The molecule has 7 nitrogen and oxygen atoms in total. The van der Waals surface area contributed by atoms with Crippen LogP contribution in [0.1, 0.15) is 24.4 Å². The second-order valence-electron chi connectivity index (χ2n) is 6.42. The molecular weight excluding hydrogens is 340 g/mol. The number of imidazole rings is 1. The summed E-state index contributed by atoms with van der Waals surface area (Å²) in [4.78, 5) is 8.58. The van der Waals surface area contributed by atoms with Gasteiger partial charge in [0.15, 0.2) is 0 Å². The van der Waals surface area contributed by atoms with Crippen molar-refractivity contribution in [2.75, 3.05) is 20.2 Å². The van der Waals surface area contributed by atoms with E-state index in [0.29, 0.717) is 19.7 Å². The summed E-state index contributed by atoms with van der Waals surface area (Å²) < 4.78 is 34.6. The van der Waals surface area contributed by atoms with Crippen LogP contribution in [0.5, 0.6) is 0 Å². The molecule has 1 saturated heterocycles. The SMILES string of the molecule is COCc1ncc(C)n1CC1CCCN(S(=O)(=O)c2cccnc2)C1. The first-order valence-corrected chi connectivity index (χ1v) is 9.86. The van der Waals surface area contributed by atoms with E-state index in [4.69, 9.17) is 4.74 Å². The highest BCUT2D eigenvalue weighted by molar-refractivity contribution is 7.89. The van der Waals surface area contributed by atoms with Gasteiger partial charge in [0.1, 0.15) is 17.3 Å². The molecular formula is C17H24N4O3S. The summed E-state index contributed by atoms with van der Waals surface area (Å²) in [7, 11) is -1.83. The van der Waals surface area contributed by atoms with Crippen molar-refractivity contribution in [3.05, 3.63) is 42.2 Å².